The molecule has 0 unspecified atom stereocenters. The van der Waals surface area contributed by atoms with Crippen molar-refractivity contribution in [2.75, 3.05) is 20.1 Å². The van der Waals surface area contributed by atoms with Gasteiger partial charge in [-0.15, -0.1) is 0 Å². The zero-order chi connectivity index (χ0) is 26.7. The van der Waals surface area contributed by atoms with E-state index in [1.54, 1.807) is 30.0 Å². The largest absolute Gasteiger partial charge is 0.474 e. The number of nitrogens with zero attached hydrogens (tertiary/aromatic N) is 4. The number of aromatic nitrogens is 1. The summed E-state index contributed by atoms with van der Waals surface area (Å²) in [4.78, 5) is 33.4. The number of ether oxygens (including phenoxy) is 1. The van der Waals surface area contributed by atoms with Crippen molar-refractivity contribution >= 4 is 35.0 Å². The molecule has 2 amide bonds. The highest BCUT2D eigenvalue weighted by molar-refractivity contribution is 6.42. The number of hydrogen-bond donors (Lipinski definition) is 0. The van der Waals surface area contributed by atoms with Gasteiger partial charge in [0.15, 0.2) is 0 Å². The van der Waals surface area contributed by atoms with Crippen molar-refractivity contribution < 1.29 is 14.3 Å². The molecule has 1 aliphatic carbocycles. The lowest BCUT2D eigenvalue weighted by Crippen LogP contribution is -2.42. The first-order chi connectivity index (χ1) is 17.7. The molecule has 2 fully saturated rings. The van der Waals surface area contributed by atoms with Crippen molar-refractivity contribution in [2.24, 2.45) is 11.8 Å². The second-order valence-corrected chi connectivity index (χ2v) is 11.0. The van der Waals surface area contributed by atoms with Gasteiger partial charge in [0.25, 0.3) is 0 Å². The standard InChI is InChI=1S/C28H32Cl2N4O3/c1-17(37-27-11-4-19(13-31)14-32-27)23-15-34(16-24(23)21-7-10-25(29)26(30)12-21)28(36)20-5-8-22(9-6-20)33(3)18(2)35/h4,7,10-12,14,17,20,22-24H,5-6,8-9,15-16H2,1-3H3/t17-,20?,22?,23+,24+/m0/s1. The van der Waals surface area contributed by atoms with Crippen molar-refractivity contribution in [2.45, 2.75) is 57.6 Å². The van der Waals surface area contributed by atoms with Crippen molar-refractivity contribution in [3.63, 3.8) is 0 Å². The van der Waals surface area contributed by atoms with E-state index < -0.39 is 0 Å². The third-order valence-electron chi connectivity index (χ3n) is 7.91. The van der Waals surface area contributed by atoms with E-state index in [2.05, 4.69) is 11.1 Å². The van der Waals surface area contributed by atoms with Crippen molar-refractivity contribution in [3.05, 3.63) is 57.7 Å². The maximum absolute atomic E-state index is 13.6. The molecule has 9 heteroatoms. The van der Waals surface area contributed by atoms with Crippen LogP contribution in [-0.2, 0) is 9.59 Å². The smallest absolute Gasteiger partial charge is 0.225 e. The predicted octanol–water partition coefficient (Wildman–Crippen LogP) is 5.31. The van der Waals surface area contributed by atoms with Crippen LogP contribution in [0.15, 0.2) is 36.5 Å². The molecule has 196 valence electrons. The Morgan fingerprint density at radius 2 is 1.86 bits per heavy atom. The fraction of sp³-hybridized carbons (Fsp3) is 0.500. The summed E-state index contributed by atoms with van der Waals surface area (Å²) in [5, 5.41) is 10.0. The third kappa shape index (κ3) is 6.19. The average molecular weight is 543 g/mol. The van der Waals surface area contributed by atoms with E-state index >= 15 is 0 Å². The molecule has 1 saturated heterocycles. The first-order valence-electron chi connectivity index (χ1n) is 12.7. The number of amides is 2. The molecule has 2 aromatic rings. The van der Waals surface area contributed by atoms with Gasteiger partial charge in [-0.1, -0.05) is 29.3 Å². The molecule has 3 atom stereocenters. The number of rotatable bonds is 6. The summed E-state index contributed by atoms with van der Waals surface area (Å²) in [7, 11) is 1.84. The van der Waals surface area contributed by atoms with Gasteiger partial charge in [0.2, 0.25) is 17.7 Å². The molecule has 7 nitrogen and oxygen atoms in total. The molecule has 1 aromatic carbocycles. The Kier molecular flexibility index (Phi) is 8.61. The minimum Gasteiger partial charge on any atom is -0.474 e. The average Bonchev–Trinajstić information content (AvgIpc) is 3.35. The van der Waals surface area contributed by atoms with Crippen LogP contribution in [0, 0.1) is 23.2 Å². The van der Waals surface area contributed by atoms with Crippen LogP contribution in [0.25, 0.3) is 0 Å². The van der Waals surface area contributed by atoms with Crippen LogP contribution >= 0.6 is 23.2 Å². The molecule has 2 heterocycles. The zero-order valence-corrected chi connectivity index (χ0v) is 22.9. The maximum Gasteiger partial charge on any atom is 0.225 e. The number of likely N-dealkylation sites (tertiary alicyclic amines) is 1. The lowest BCUT2D eigenvalue weighted by molar-refractivity contribution is -0.136. The third-order valence-corrected chi connectivity index (χ3v) is 8.65. The second-order valence-electron chi connectivity index (χ2n) is 10.1. The first kappa shape index (κ1) is 27.2. The Labute approximate surface area is 228 Å². The summed E-state index contributed by atoms with van der Waals surface area (Å²) >= 11 is 12.5. The summed E-state index contributed by atoms with van der Waals surface area (Å²) < 4.78 is 6.18. The van der Waals surface area contributed by atoms with Gasteiger partial charge in [-0.25, -0.2) is 4.98 Å². The van der Waals surface area contributed by atoms with Gasteiger partial charge in [-0.05, 0) is 56.4 Å². The first-order valence-corrected chi connectivity index (χ1v) is 13.4. The highest BCUT2D eigenvalue weighted by atomic mass is 35.5. The van der Waals surface area contributed by atoms with Crippen LogP contribution in [0.3, 0.4) is 0 Å². The molecule has 0 radical (unpaired) electrons. The number of benzene rings is 1. The van der Waals surface area contributed by atoms with Crippen molar-refractivity contribution in [1.82, 2.24) is 14.8 Å². The van der Waals surface area contributed by atoms with Gasteiger partial charge in [-0.2, -0.15) is 5.26 Å². The van der Waals surface area contributed by atoms with E-state index in [9.17, 15) is 9.59 Å². The van der Waals surface area contributed by atoms with Crippen molar-refractivity contribution in [1.29, 1.82) is 5.26 Å². The van der Waals surface area contributed by atoms with Gasteiger partial charge in [-0.3, -0.25) is 9.59 Å². The Morgan fingerprint density at radius 1 is 1.14 bits per heavy atom. The molecule has 1 aromatic heterocycles. The van der Waals surface area contributed by atoms with E-state index in [4.69, 9.17) is 33.2 Å². The molecular formula is C28H32Cl2N4O3. The monoisotopic (exact) mass is 542 g/mol. The number of halogens is 2. The summed E-state index contributed by atoms with van der Waals surface area (Å²) in [6.07, 6.45) is 4.48. The Morgan fingerprint density at radius 3 is 2.46 bits per heavy atom. The highest BCUT2D eigenvalue weighted by Gasteiger charge is 2.42. The molecule has 0 bridgehead atoms. The topological polar surface area (TPSA) is 86.5 Å². The van der Waals surface area contributed by atoms with Crippen LogP contribution < -0.4 is 4.74 Å². The number of nitriles is 1. The van der Waals surface area contributed by atoms with E-state index in [1.807, 2.05) is 31.0 Å². The Hall–Kier alpha value is -2.82. The van der Waals surface area contributed by atoms with Crippen molar-refractivity contribution in [3.8, 4) is 11.9 Å². The molecule has 0 spiro atoms. The molecular weight excluding hydrogens is 511 g/mol. The van der Waals surface area contributed by atoms with Crippen LogP contribution in [0.1, 0.15) is 56.6 Å². The Balaban J connectivity index is 1.50. The number of pyridine rings is 1. The van der Waals surface area contributed by atoms with Gasteiger partial charge < -0.3 is 14.5 Å². The summed E-state index contributed by atoms with van der Waals surface area (Å²) in [5.74, 6) is 0.664. The van der Waals surface area contributed by atoms with Crippen LogP contribution in [0.4, 0.5) is 0 Å². The fourth-order valence-electron chi connectivity index (χ4n) is 5.60. The predicted molar refractivity (Wildman–Crippen MR) is 143 cm³/mol. The van der Waals surface area contributed by atoms with Gasteiger partial charge in [0, 0.05) is 63.1 Å². The number of hydrogen-bond acceptors (Lipinski definition) is 5. The molecule has 2 aliphatic rings. The zero-order valence-electron chi connectivity index (χ0n) is 21.4. The lowest BCUT2D eigenvalue weighted by Gasteiger charge is -2.35. The summed E-state index contributed by atoms with van der Waals surface area (Å²) in [6.45, 7) is 4.71. The van der Waals surface area contributed by atoms with E-state index in [1.165, 1.54) is 6.20 Å². The highest BCUT2D eigenvalue weighted by Crippen LogP contribution is 2.40. The maximum atomic E-state index is 13.6. The molecule has 37 heavy (non-hydrogen) atoms. The van der Waals surface area contributed by atoms with E-state index in [0.29, 0.717) is 34.6 Å². The fourth-order valence-corrected chi connectivity index (χ4v) is 5.91. The lowest BCUT2D eigenvalue weighted by atomic mass is 9.84. The van der Waals surface area contributed by atoms with Gasteiger partial charge in [0.1, 0.15) is 12.2 Å². The van der Waals surface area contributed by atoms with Crippen LogP contribution in [-0.4, -0.2) is 58.9 Å². The summed E-state index contributed by atoms with van der Waals surface area (Å²) in [6, 6.07) is 11.3. The second kappa shape index (κ2) is 11.7. The summed E-state index contributed by atoms with van der Waals surface area (Å²) in [5.41, 5.74) is 1.49. The molecule has 4 rings (SSSR count). The van der Waals surface area contributed by atoms with Gasteiger partial charge >= 0.3 is 0 Å². The number of carbonyl (C=O) groups is 2. The minimum absolute atomic E-state index is 0.0128. The van der Waals surface area contributed by atoms with Crippen LogP contribution in [0.5, 0.6) is 5.88 Å². The van der Waals surface area contributed by atoms with E-state index in [0.717, 1.165) is 31.2 Å². The molecule has 1 saturated carbocycles. The quantitative estimate of drug-likeness (QED) is 0.493. The molecule has 1 aliphatic heterocycles. The van der Waals surface area contributed by atoms with Gasteiger partial charge in [0.05, 0.1) is 15.6 Å². The minimum atomic E-state index is -0.238. The SMILES string of the molecule is CC(=O)N(C)C1CCC(C(=O)N2C[C@H]([C@H](C)Oc3ccc(C#N)cn3)[C@@H](c3ccc(Cl)c(Cl)c3)C2)CC1. The normalized spacial score (nSPS) is 24.3. The Bertz CT molecular complexity index is 1170. The van der Waals surface area contributed by atoms with E-state index in [-0.39, 0.29) is 41.7 Å². The van der Waals surface area contributed by atoms with Crippen LogP contribution in [0.2, 0.25) is 10.0 Å². The number of carbonyl (C=O) groups excluding carboxylic acids is 2. The molecule has 0 N–H and O–H groups in total.